The molecule has 1 heterocycles. The Bertz CT molecular complexity index is 457. The van der Waals surface area contributed by atoms with Crippen molar-refractivity contribution in [3.63, 3.8) is 0 Å². The van der Waals surface area contributed by atoms with Crippen molar-refractivity contribution < 1.29 is 0 Å². The first kappa shape index (κ1) is 16.8. The summed E-state index contributed by atoms with van der Waals surface area (Å²) in [6.45, 7) is 13.7. The minimum Gasteiger partial charge on any atom is -0.309 e. The van der Waals surface area contributed by atoms with Crippen LogP contribution in [0.25, 0.3) is 0 Å². The molecule has 0 aliphatic carbocycles. The zero-order valence-corrected chi connectivity index (χ0v) is 14.7. The van der Waals surface area contributed by atoms with Crippen molar-refractivity contribution in [2.24, 2.45) is 5.92 Å². The first-order valence-corrected chi connectivity index (χ1v) is 8.50. The maximum atomic E-state index is 6.03. The van der Waals surface area contributed by atoms with Gasteiger partial charge in [0.1, 0.15) is 0 Å². The van der Waals surface area contributed by atoms with E-state index in [4.69, 9.17) is 11.6 Å². The van der Waals surface area contributed by atoms with Gasteiger partial charge in [0.2, 0.25) is 0 Å². The van der Waals surface area contributed by atoms with Crippen molar-refractivity contribution in [3.05, 3.63) is 34.9 Å². The van der Waals surface area contributed by atoms with Crippen molar-refractivity contribution in [3.8, 4) is 0 Å². The second kappa shape index (κ2) is 6.68. The van der Waals surface area contributed by atoms with Crippen molar-refractivity contribution >= 4 is 11.6 Å². The summed E-state index contributed by atoms with van der Waals surface area (Å²) in [6.07, 6.45) is 1.15. The topological polar surface area (TPSA) is 15.3 Å². The lowest BCUT2D eigenvalue weighted by molar-refractivity contribution is 0.0295. The van der Waals surface area contributed by atoms with E-state index in [1.807, 2.05) is 12.1 Å². The van der Waals surface area contributed by atoms with E-state index in [2.05, 4.69) is 57.0 Å². The van der Waals surface area contributed by atoms with Crippen molar-refractivity contribution in [1.29, 1.82) is 0 Å². The van der Waals surface area contributed by atoms with Gasteiger partial charge in [-0.25, -0.2) is 0 Å². The Hall–Kier alpha value is -0.570. The summed E-state index contributed by atoms with van der Waals surface area (Å²) < 4.78 is 0. The number of nitrogens with zero attached hydrogens (tertiary/aromatic N) is 1. The minimum atomic E-state index is 0.214. The number of nitrogens with one attached hydrogen (secondary N) is 1. The van der Waals surface area contributed by atoms with Crippen LogP contribution in [0.3, 0.4) is 0 Å². The number of piperazine rings is 1. The van der Waals surface area contributed by atoms with Crippen LogP contribution in [0.4, 0.5) is 0 Å². The van der Waals surface area contributed by atoms with Gasteiger partial charge in [0.15, 0.2) is 0 Å². The maximum absolute atomic E-state index is 6.03. The third-order valence-corrected chi connectivity index (χ3v) is 5.35. The molecule has 2 rings (SSSR count). The highest BCUT2D eigenvalue weighted by atomic mass is 35.5. The van der Waals surface area contributed by atoms with Crippen molar-refractivity contribution in [2.75, 3.05) is 13.1 Å². The molecule has 0 bridgehead atoms. The van der Waals surface area contributed by atoms with Crippen LogP contribution < -0.4 is 5.32 Å². The second-order valence-corrected chi connectivity index (χ2v) is 7.44. The molecular formula is C18H29ClN2. The normalized spacial score (nSPS) is 28.8. The SMILES string of the molecule is CCC1(C)CN(C(C)c2ccc(Cl)cc2)C(C(C)C)CN1. The molecule has 2 nitrogen and oxygen atoms in total. The molecule has 1 aliphatic rings. The molecule has 21 heavy (non-hydrogen) atoms. The fourth-order valence-corrected chi connectivity index (χ4v) is 3.38. The van der Waals surface area contributed by atoms with E-state index in [1.165, 1.54) is 5.56 Å². The third-order valence-electron chi connectivity index (χ3n) is 5.10. The summed E-state index contributed by atoms with van der Waals surface area (Å²) in [5.74, 6) is 0.647. The predicted octanol–water partition coefficient (Wildman–Crippen LogP) is 4.50. The van der Waals surface area contributed by atoms with Crippen LogP contribution in [0.15, 0.2) is 24.3 Å². The monoisotopic (exact) mass is 308 g/mol. The minimum absolute atomic E-state index is 0.214. The summed E-state index contributed by atoms with van der Waals surface area (Å²) in [5, 5.41) is 4.57. The quantitative estimate of drug-likeness (QED) is 0.881. The Morgan fingerprint density at radius 1 is 1.29 bits per heavy atom. The summed E-state index contributed by atoms with van der Waals surface area (Å²) >= 11 is 6.03. The van der Waals surface area contributed by atoms with Gasteiger partial charge in [-0.15, -0.1) is 0 Å². The predicted molar refractivity (Wildman–Crippen MR) is 91.9 cm³/mol. The lowest BCUT2D eigenvalue weighted by atomic mass is 9.88. The molecule has 3 atom stereocenters. The Morgan fingerprint density at radius 3 is 2.43 bits per heavy atom. The molecule has 1 fully saturated rings. The van der Waals surface area contributed by atoms with Gasteiger partial charge in [-0.3, -0.25) is 4.90 Å². The van der Waals surface area contributed by atoms with Gasteiger partial charge in [-0.05, 0) is 43.9 Å². The molecule has 0 radical (unpaired) electrons. The van der Waals surface area contributed by atoms with Crippen LogP contribution in [0.2, 0.25) is 5.02 Å². The number of rotatable bonds is 4. The van der Waals surface area contributed by atoms with Crippen LogP contribution >= 0.6 is 11.6 Å². The summed E-state index contributed by atoms with van der Waals surface area (Å²) in [7, 11) is 0. The van der Waals surface area contributed by atoms with E-state index in [0.29, 0.717) is 18.0 Å². The Morgan fingerprint density at radius 2 is 1.90 bits per heavy atom. The van der Waals surface area contributed by atoms with Gasteiger partial charge in [-0.2, -0.15) is 0 Å². The largest absolute Gasteiger partial charge is 0.309 e. The van der Waals surface area contributed by atoms with Gasteiger partial charge >= 0.3 is 0 Å². The molecule has 0 aromatic heterocycles. The van der Waals surface area contributed by atoms with Crippen molar-refractivity contribution in [2.45, 2.75) is 58.7 Å². The molecular weight excluding hydrogens is 280 g/mol. The lowest BCUT2D eigenvalue weighted by Crippen LogP contribution is -2.64. The summed E-state index contributed by atoms with van der Waals surface area (Å²) in [5.41, 5.74) is 1.57. The molecule has 118 valence electrons. The Kier molecular flexibility index (Phi) is 5.34. The molecule has 1 aromatic carbocycles. The van der Waals surface area contributed by atoms with E-state index in [1.54, 1.807) is 0 Å². The number of hydrogen-bond acceptors (Lipinski definition) is 2. The van der Waals surface area contributed by atoms with Gasteiger partial charge in [0, 0.05) is 35.7 Å². The molecule has 3 unspecified atom stereocenters. The molecule has 3 heteroatoms. The molecule has 0 spiro atoms. The number of hydrogen-bond donors (Lipinski definition) is 1. The average Bonchev–Trinajstić information content (AvgIpc) is 2.47. The molecule has 0 saturated carbocycles. The number of halogens is 1. The third kappa shape index (κ3) is 3.80. The lowest BCUT2D eigenvalue weighted by Gasteiger charge is -2.50. The first-order chi connectivity index (χ1) is 9.86. The van der Waals surface area contributed by atoms with E-state index in [0.717, 1.165) is 24.5 Å². The average molecular weight is 309 g/mol. The smallest absolute Gasteiger partial charge is 0.0406 e. The zero-order valence-electron chi connectivity index (χ0n) is 14.0. The number of benzene rings is 1. The van der Waals surface area contributed by atoms with E-state index in [-0.39, 0.29) is 5.54 Å². The highest BCUT2D eigenvalue weighted by Gasteiger charge is 2.38. The first-order valence-electron chi connectivity index (χ1n) is 8.12. The van der Waals surface area contributed by atoms with Crippen LogP contribution in [-0.2, 0) is 0 Å². The van der Waals surface area contributed by atoms with Gasteiger partial charge < -0.3 is 5.32 Å². The zero-order chi connectivity index (χ0) is 15.6. The molecule has 1 saturated heterocycles. The highest BCUT2D eigenvalue weighted by molar-refractivity contribution is 6.30. The van der Waals surface area contributed by atoms with Crippen LogP contribution in [0.5, 0.6) is 0 Å². The fourth-order valence-electron chi connectivity index (χ4n) is 3.26. The van der Waals surface area contributed by atoms with Crippen LogP contribution in [-0.4, -0.2) is 29.6 Å². The van der Waals surface area contributed by atoms with Gasteiger partial charge in [-0.1, -0.05) is 44.5 Å². The molecule has 0 amide bonds. The van der Waals surface area contributed by atoms with Crippen LogP contribution in [0.1, 0.15) is 52.6 Å². The standard InChI is InChI=1S/C18H29ClN2/c1-6-18(5)12-21(17(11-20-18)13(2)3)14(4)15-7-9-16(19)10-8-15/h7-10,13-14,17,20H,6,11-12H2,1-5H3. The van der Waals surface area contributed by atoms with Crippen LogP contribution in [0, 0.1) is 5.92 Å². The Labute approximate surface area is 134 Å². The fraction of sp³-hybridized carbons (Fsp3) is 0.667. The van der Waals surface area contributed by atoms with E-state index in [9.17, 15) is 0 Å². The Balaban J connectivity index is 2.24. The molecule has 1 aromatic rings. The second-order valence-electron chi connectivity index (χ2n) is 7.01. The van der Waals surface area contributed by atoms with E-state index < -0.39 is 0 Å². The van der Waals surface area contributed by atoms with Gasteiger partial charge in [0.25, 0.3) is 0 Å². The summed E-state index contributed by atoms with van der Waals surface area (Å²) in [4.78, 5) is 2.67. The molecule has 1 N–H and O–H groups in total. The van der Waals surface area contributed by atoms with E-state index >= 15 is 0 Å². The highest BCUT2D eigenvalue weighted by Crippen LogP contribution is 2.31. The molecule has 1 aliphatic heterocycles. The van der Waals surface area contributed by atoms with Crippen molar-refractivity contribution in [1.82, 2.24) is 10.2 Å². The summed E-state index contributed by atoms with van der Waals surface area (Å²) in [6, 6.07) is 9.32. The van der Waals surface area contributed by atoms with Gasteiger partial charge in [0.05, 0.1) is 0 Å². The maximum Gasteiger partial charge on any atom is 0.0406 e.